The molecule has 38 heavy (non-hydrogen) atoms. The van der Waals surface area contributed by atoms with E-state index >= 15 is 0 Å². The molecule has 0 N–H and O–H groups in total. The molecule has 11 heteroatoms. The van der Waals surface area contributed by atoms with Crippen molar-refractivity contribution in [3.05, 3.63) is 76.8 Å². The first-order chi connectivity index (χ1) is 18.5. The van der Waals surface area contributed by atoms with Crippen LogP contribution in [0.4, 0.5) is 0 Å². The highest BCUT2D eigenvalue weighted by molar-refractivity contribution is 7.99. The van der Waals surface area contributed by atoms with Gasteiger partial charge in [0, 0.05) is 62.5 Å². The predicted molar refractivity (Wildman–Crippen MR) is 146 cm³/mol. The Kier molecular flexibility index (Phi) is 8.23. The molecule has 2 fully saturated rings. The van der Waals surface area contributed by atoms with Crippen LogP contribution in [-0.2, 0) is 0 Å². The topological polar surface area (TPSA) is 99.9 Å². The number of amides is 3. The minimum absolute atomic E-state index is 0.00258. The number of aromatic nitrogens is 2. The van der Waals surface area contributed by atoms with Crippen LogP contribution in [0.2, 0.25) is 0 Å². The predicted octanol–water partition coefficient (Wildman–Crippen LogP) is 4.03. The summed E-state index contributed by atoms with van der Waals surface area (Å²) in [6.45, 7) is 6.85. The Morgan fingerprint density at radius 3 is 2.39 bits per heavy atom. The number of thiazole rings is 1. The molecule has 3 aromatic heterocycles. The van der Waals surface area contributed by atoms with Crippen LogP contribution in [0.3, 0.4) is 0 Å². The third-order valence-electron chi connectivity index (χ3n) is 6.80. The van der Waals surface area contributed by atoms with Crippen molar-refractivity contribution in [1.29, 1.82) is 0 Å². The summed E-state index contributed by atoms with van der Waals surface area (Å²) in [5.41, 5.74) is 1.08. The zero-order chi connectivity index (χ0) is 26.5. The number of hydrogen-bond acceptors (Lipinski definition) is 8. The van der Waals surface area contributed by atoms with Gasteiger partial charge in [-0.3, -0.25) is 14.4 Å². The van der Waals surface area contributed by atoms with Gasteiger partial charge in [0.15, 0.2) is 5.76 Å². The third kappa shape index (κ3) is 5.68. The average molecular weight is 552 g/mol. The van der Waals surface area contributed by atoms with E-state index < -0.39 is 0 Å². The molecule has 0 aliphatic carbocycles. The van der Waals surface area contributed by atoms with Crippen LogP contribution in [0.1, 0.15) is 55.2 Å². The number of carbonyl (C=O) groups is 3. The Morgan fingerprint density at radius 1 is 1.00 bits per heavy atom. The van der Waals surface area contributed by atoms with Crippen LogP contribution in [-0.4, -0.2) is 87.4 Å². The molecule has 2 aliphatic rings. The quantitative estimate of drug-likeness (QED) is 0.323. The first kappa shape index (κ1) is 26.2. The van der Waals surface area contributed by atoms with Crippen LogP contribution in [0.15, 0.2) is 64.2 Å². The SMILES string of the molecule is C=CCSc1ncccc1C(=O)N1CCC(c2nc(C(=O)N3CCN(C(=O)c4ccco4)CC3)cs2)CC1. The number of likely N-dealkylation sites (tertiary alicyclic amines) is 1. The molecule has 0 atom stereocenters. The van der Waals surface area contributed by atoms with Crippen molar-refractivity contribution in [3.8, 4) is 0 Å². The lowest BCUT2D eigenvalue weighted by atomic mass is 9.97. The van der Waals surface area contributed by atoms with Crippen molar-refractivity contribution in [3.63, 3.8) is 0 Å². The Hall–Kier alpha value is -3.44. The standard InChI is InChI=1S/C27H29N5O4S2/c1-2-17-37-24-20(5-3-9-28-24)25(33)30-10-7-19(8-11-30)23-29-21(18-38-23)26(34)31-12-14-32(15-13-31)27(35)22-6-4-16-36-22/h2-6,9,16,18-19H,1,7-8,10-15,17H2. The monoisotopic (exact) mass is 551 g/mol. The number of pyridine rings is 1. The first-order valence-corrected chi connectivity index (χ1v) is 14.5. The highest BCUT2D eigenvalue weighted by Gasteiger charge is 2.30. The Labute approximate surface area is 229 Å². The molecule has 0 aromatic carbocycles. The van der Waals surface area contributed by atoms with Crippen molar-refractivity contribution in [1.82, 2.24) is 24.7 Å². The fourth-order valence-electron chi connectivity index (χ4n) is 4.71. The molecular formula is C27H29N5O4S2. The number of piperazine rings is 1. The number of hydrogen-bond donors (Lipinski definition) is 0. The van der Waals surface area contributed by atoms with E-state index in [0.717, 1.165) is 22.9 Å². The number of carbonyl (C=O) groups excluding carboxylic acids is 3. The Morgan fingerprint density at radius 2 is 1.71 bits per heavy atom. The Bertz CT molecular complexity index is 1290. The van der Waals surface area contributed by atoms with Crippen molar-refractivity contribution >= 4 is 40.8 Å². The normalized spacial score (nSPS) is 16.5. The van der Waals surface area contributed by atoms with E-state index in [1.54, 1.807) is 40.3 Å². The van der Waals surface area contributed by atoms with Crippen molar-refractivity contribution in [2.24, 2.45) is 0 Å². The molecule has 3 aromatic rings. The van der Waals surface area contributed by atoms with Gasteiger partial charge in [0.25, 0.3) is 17.7 Å². The van der Waals surface area contributed by atoms with Gasteiger partial charge in [-0.05, 0) is 37.1 Å². The lowest BCUT2D eigenvalue weighted by Crippen LogP contribution is -2.50. The molecule has 198 valence electrons. The second kappa shape index (κ2) is 12.0. The molecular weight excluding hydrogens is 522 g/mol. The maximum atomic E-state index is 13.2. The van der Waals surface area contributed by atoms with E-state index in [1.807, 2.05) is 16.3 Å². The summed E-state index contributed by atoms with van der Waals surface area (Å²) < 4.78 is 5.20. The first-order valence-electron chi connectivity index (χ1n) is 12.6. The lowest BCUT2D eigenvalue weighted by Gasteiger charge is -2.34. The zero-order valence-electron chi connectivity index (χ0n) is 21.0. The molecule has 9 nitrogen and oxygen atoms in total. The van der Waals surface area contributed by atoms with Crippen LogP contribution in [0, 0.1) is 0 Å². The van der Waals surface area contributed by atoms with E-state index in [1.165, 1.54) is 29.4 Å². The van der Waals surface area contributed by atoms with Crippen LogP contribution in [0.25, 0.3) is 0 Å². The molecule has 2 aliphatic heterocycles. The summed E-state index contributed by atoms with van der Waals surface area (Å²) in [6, 6.07) is 6.97. The molecule has 0 radical (unpaired) electrons. The van der Waals surface area contributed by atoms with Gasteiger partial charge in [-0.1, -0.05) is 6.08 Å². The van der Waals surface area contributed by atoms with Gasteiger partial charge < -0.3 is 19.1 Å². The Balaban J connectivity index is 1.14. The molecule has 5 rings (SSSR count). The number of thioether (sulfide) groups is 1. The van der Waals surface area contributed by atoms with Gasteiger partial charge in [-0.15, -0.1) is 29.7 Å². The number of nitrogens with zero attached hydrogens (tertiary/aromatic N) is 5. The average Bonchev–Trinajstić information content (AvgIpc) is 3.69. The fraction of sp³-hybridized carbons (Fsp3) is 0.370. The summed E-state index contributed by atoms with van der Waals surface area (Å²) in [7, 11) is 0. The van der Waals surface area contributed by atoms with E-state index in [4.69, 9.17) is 4.42 Å². The second-order valence-electron chi connectivity index (χ2n) is 9.15. The highest BCUT2D eigenvalue weighted by Crippen LogP contribution is 2.32. The van der Waals surface area contributed by atoms with Crippen molar-refractivity contribution < 1.29 is 18.8 Å². The van der Waals surface area contributed by atoms with Crippen molar-refractivity contribution in [2.75, 3.05) is 45.0 Å². The van der Waals surface area contributed by atoms with Gasteiger partial charge in [0.1, 0.15) is 10.7 Å². The summed E-state index contributed by atoms with van der Waals surface area (Å²) in [5.74, 6) is 0.974. The number of piperidine rings is 1. The van der Waals surface area contributed by atoms with Crippen LogP contribution >= 0.6 is 23.1 Å². The van der Waals surface area contributed by atoms with E-state index in [0.29, 0.717) is 62.0 Å². The molecule has 0 saturated carbocycles. The molecule has 2 saturated heterocycles. The van der Waals surface area contributed by atoms with Gasteiger partial charge in [-0.2, -0.15) is 0 Å². The van der Waals surface area contributed by atoms with Crippen LogP contribution in [0.5, 0.6) is 0 Å². The van der Waals surface area contributed by atoms with Gasteiger partial charge >= 0.3 is 0 Å². The fourth-order valence-corrected chi connectivity index (χ4v) is 6.40. The summed E-state index contributed by atoms with van der Waals surface area (Å²) in [4.78, 5) is 53.1. The minimum atomic E-state index is -0.155. The maximum absolute atomic E-state index is 13.2. The summed E-state index contributed by atoms with van der Waals surface area (Å²) in [6.07, 6.45) is 6.59. The summed E-state index contributed by atoms with van der Waals surface area (Å²) in [5, 5.41) is 3.50. The van der Waals surface area contributed by atoms with Gasteiger partial charge in [-0.25, -0.2) is 9.97 Å². The molecule has 0 bridgehead atoms. The van der Waals surface area contributed by atoms with E-state index in [2.05, 4.69) is 16.5 Å². The van der Waals surface area contributed by atoms with Crippen LogP contribution < -0.4 is 0 Å². The second-order valence-corrected chi connectivity index (χ2v) is 11.1. The van der Waals surface area contributed by atoms with Gasteiger partial charge in [0.2, 0.25) is 0 Å². The van der Waals surface area contributed by atoms with E-state index in [9.17, 15) is 14.4 Å². The summed E-state index contributed by atoms with van der Waals surface area (Å²) >= 11 is 3.02. The number of furan rings is 1. The van der Waals surface area contributed by atoms with Gasteiger partial charge in [0.05, 0.1) is 16.8 Å². The lowest BCUT2D eigenvalue weighted by molar-refractivity contribution is 0.0515. The minimum Gasteiger partial charge on any atom is -0.459 e. The molecule has 0 spiro atoms. The number of rotatable bonds is 7. The highest BCUT2D eigenvalue weighted by atomic mass is 32.2. The van der Waals surface area contributed by atoms with Crippen molar-refractivity contribution in [2.45, 2.75) is 23.8 Å². The maximum Gasteiger partial charge on any atom is 0.289 e. The third-order valence-corrected chi connectivity index (χ3v) is 8.81. The van der Waals surface area contributed by atoms with E-state index in [-0.39, 0.29) is 23.6 Å². The molecule has 0 unspecified atom stereocenters. The molecule has 5 heterocycles. The zero-order valence-corrected chi connectivity index (χ0v) is 22.6. The largest absolute Gasteiger partial charge is 0.459 e. The molecule has 3 amide bonds. The smallest absolute Gasteiger partial charge is 0.289 e.